The molecule has 2 N–H and O–H groups in total. The SMILES string of the molecule is Cc1ccc(N(c2ccc(C(=O)O)cc2)c2ccc(C(=O)O)cc2)cc1C. The van der Waals surface area contributed by atoms with Gasteiger partial charge in [0.05, 0.1) is 11.1 Å². The van der Waals surface area contributed by atoms with Crippen molar-refractivity contribution in [3.05, 3.63) is 89.0 Å². The lowest BCUT2D eigenvalue weighted by atomic mass is 10.1. The van der Waals surface area contributed by atoms with E-state index in [0.29, 0.717) is 0 Å². The van der Waals surface area contributed by atoms with Crippen LogP contribution >= 0.6 is 0 Å². The molecule has 136 valence electrons. The van der Waals surface area contributed by atoms with E-state index in [9.17, 15) is 9.59 Å². The van der Waals surface area contributed by atoms with Gasteiger partial charge in [-0.2, -0.15) is 0 Å². The summed E-state index contributed by atoms with van der Waals surface area (Å²) in [5.74, 6) is -1.96. The monoisotopic (exact) mass is 361 g/mol. The van der Waals surface area contributed by atoms with Gasteiger partial charge < -0.3 is 15.1 Å². The molecule has 0 fully saturated rings. The zero-order chi connectivity index (χ0) is 19.6. The van der Waals surface area contributed by atoms with Gasteiger partial charge in [0, 0.05) is 17.1 Å². The quantitative estimate of drug-likeness (QED) is 0.655. The Bertz CT molecular complexity index is 934. The van der Waals surface area contributed by atoms with Crippen molar-refractivity contribution in [2.24, 2.45) is 0 Å². The average molecular weight is 361 g/mol. The number of aryl methyl sites for hydroxylation is 2. The summed E-state index contributed by atoms with van der Waals surface area (Å²) < 4.78 is 0. The van der Waals surface area contributed by atoms with Gasteiger partial charge in [0.15, 0.2) is 0 Å². The second-order valence-electron chi connectivity index (χ2n) is 6.31. The van der Waals surface area contributed by atoms with Crippen LogP contribution in [-0.2, 0) is 0 Å². The number of carboxylic acid groups (broad SMARTS) is 2. The molecule has 0 aliphatic carbocycles. The molecule has 0 amide bonds. The Hall–Kier alpha value is -3.60. The Balaban J connectivity index is 2.11. The number of benzene rings is 3. The molecule has 0 spiro atoms. The van der Waals surface area contributed by atoms with Crippen LogP contribution in [0.15, 0.2) is 66.7 Å². The zero-order valence-corrected chi connectivity index (χ0v) is 15.0. The lowest BCUT2D eigenvalue weighted by Gasteiger charge is -2.26. The summed E-state index contributed by atoms with van der Waals surface area (Å²) in [7, 11) is 0. The van der Waals surface area contributed by atoms with Gasteiger partial charge in [0.1, 0.15) is 0 Å². The summed E-state index contributed by atoms with van der Waals surface area (Å²) in [4.78, 5) is 24.2. The van der Waals surface area contributed by atoms with Crippen LogP contribution < -0.4 is 4.90 Å². The Morgan fingerprint density at radius 2 is 1.04 bits per heavy atom. The number of carboxylic acids is 2. The van der Waals surface area contributed by atoms with Crippen LogP contribution in [0.3, 0.4) is 0 Å². The summed E-state index contributed by atoms with van der Waals surface area (Å²) in [6.07, 6.45) is 0. The molecule has 0 bridgehead atoms. The topological polar surface area (TPSA) is 77.8 Å². The molecule has 0 aliphatic rings. The number of carbonyl (C=O) groups is 2. The van der Waals surface area contributed by atoms with Gasteiger partial charge in [-0.1, -0.05) is 6.07 Å². The lowest BCUT2D eigenvalue weighted by Crippen LogP contribution is -2.11. The van der Waals surface area contributed by atoms with Crippen LogP contribution in [0.4, 0.5) is 17.1 Å². The zero-order valence-electron chi connectivity index (χ0n) is 15.0. The van der Waals surface area contributed by atoms with Crippen LogP contribution in [0.1, 0.15) is 31.8 Å². The van der Waals surface area contributed by atoms with Crippen LogP contribution in [0.25, 0.3) is 0 Å². The average Bonchev–Trinajstić information content (AvgIpc) is 2.65. The molecule has 0 saturated carbocycles. The molecular weight excluding hydrogens is 342 g/mol. The number of nitrogens with zero attached hydrogens (tertiary/aromatic N) is 1. The summed E-state index contributed by atoms with van der Waals surface area (Å²) in [6, 6.07) is 19.2. The van der Waals surface area contributed by atoms with Crippen molar-refractivity contribution in [1.29, 1.82) is 0 Å². The van der Waals surface area contributed by atoms with Crippen molar-refractivity contribution >= 4 is 29.0 Å². The molecule has 0 atom stereocenters. The van der Waals surface area contributed by atoms with Crippen molar-refractivity contribution in [3.8, 4) is 0 Å². The lowest BCUT2D eigenvalue weighted by molar-refractivity contribution is 0.0686. The van der Waals surface area contributed by atoms with E-state index in [0.717, 1.165) is 22.6 Å². The molecular formula is C22H19NO4. The molecule has 0 heterocycles. The summed E-state index contributed by atoms with van der Waals surface area (Å²) in [6.45, 7) is 4.06. The predicted octanol–water partition coefficient (Wildman–Crippen LogP) is 5.17. The maximum Gasteiger partial charge on any atom is 0.335 e. The minimum Gasteiger partial charge on any atom is -0.478 e. The maximum absolute atomic E-state index is 11.1. The van der Waals surface area contributed by atoms with Gasteiger partial charge in [-0.3, -0.25) is 0 Å². The molecule has 27 heavy (non-hydrogen) atoms. The molecule has 3 aromatic carbocycles. The highest BCUT2D eigenvalue weighted by molar-refractivity contribution is 5.90. The van der Waals surface area contributed by atoms with E-state index >= 15 is 0 Å². The largest absolute Gasteiger partial charge is 0.478 e. The molecule has 0 unspecified atom stereocenters. The molecule has 0 radical (unpaired) electrons. The highest BCUT2D eigenvalue weighted by Gasteiger charge is 2.15. The van der Waals surface area contributed by atoms with Crippen molar-refractivity contribution < 1.29 is 19.8 Å². The highest BCUT2D eigenvalue weighted by atomic mass is 16.4. The first-order chi connectivity index (χ1) is 12.9. The molecule has 3 rings (SSSR count). The fourth-order valence-electron chi connectivity index (χ4n) is 2.82. The van der Waals surface area contributed by atoms with Gasteiger partial charge in [0.2, 0.25) is 0 Å². The molecule has 5 heteroatoms. The van der Waals surface area contributed by atoms with Crippen LogP contribution in [-0.4, -0.2) is 22.2 Å². The van der Waals surface area contributed by atoms with Gasteiger partial charge in [-0.25, -0.2) is 9.59 Å². The normalized spacial score (nSPS) is 10.4. The minimum atomic E-state index is -0.981. The molecule has 5 nitrogen and oxygen atoms in total. The number of hydrogen-bond acceptors (Lipinski definition) is 3. The van der Waals surface area contributed by atoms with E-state index in [1.54, 1.807) is 48.5 Å². The molecule has 0 aliphatic heterocycles. The van der Waals surface area contributed by atoms with E-state index in [4.69, 9.17) is 10.2 Å². The third kappa shape index (κ3) is 3.82. The van der Waals surface area contributed by atoms with Gasteiger partial charge in [-0.15, -0.1) is 0 Å². The van der Waals surface area contributed by atoms with Gasteiger partial charge >= 0.3 is 11.9 Å². The Labute approximate surface area is 157 Å². The van der Waals surface area contributed by atoms with Crippen molar-refractivity contribution in [2.45, 2.75) is 13.8 Å². The second kappa shape index (κ2) is 7.33. The van der Waals surface area contributed by atoms with E-state index in [1.807, 2.05) is 36.9 Å². The first-order valence-corrected chi connectivity index (χ1v) is 8.41. The highest BCUT2D eigenvalue weighted by Crippen LogP contribution is 2.35. The molecule has 0 saturated heterocycles. The van der Waals surface area contributed by atoms with Gasteiger partial charge in [0.25, 0.3) is 0 Å². The van der Waals surface area contributed by atoms with Crippen molar-refractivity contribution in [1.82, 2.24) is 0 Å². The standard InChI is InChI=1S/C22H19NO4/c1-14-3-8-20(13-15(14)2)23(18-9-4-16(5-10-18)21(24)25)19-11-6-17(7-12-19)22(26)27/h3-13H,1-2H3,(H,24,25)(H,26,27). The molecule has 3 aromatic rings. The van der Waals surface area contributed by atoms with Gasteiger partial charge in [-0.05, 0) is 85.6 Å². The molecule has 0 aromatic heterocycles. The fourth-order valence-corrected chi connectivity index (χ4v) is 2.82. The Morgan fingerprint density at radius 3 is 1.41 bits per heavy atom. The summed E-state index contributed by atoms with van der Waals surface area (Å²) >= 11 is 0. The van der Waals surface area contributed by atoms with E-state index in [-0.39, 0.29) is 11.1 Å². The van der Waals surface area contributed by atoms with Crippen molar-refractivity contribution in [2.75, 3.05) is 4.90 Å². The second-order valence-corrected chi connectivity index (χ2v) is 6.31. The van der Waals surface area contributed by atoms with E-state index < -0.39 is 11.9 Å². The van der Waals surface area contributed by atoms with Crippen LogP contribution in [0.5, 0.6) is 0 Å². The summed E-state index contributed by atoms with van der Waals surface area (Å²) in [5.41, 5.74) is 5.19. The smallest absolute Gasteiger partial charge is 0.335 e. The maximum atomic E-state index is 11.1. The third-order valence-corrected chi connectivity index (χ3v) is 4.49. The number of aromatic carboxylic acids is 2. The first kappa shape index (κ1) is 18.2. The van der Waals surface area contributed by atoms with E-state index in [2.05, 4.69) is 0 Å². The minimum absolute atomic E-state index is 0.208. The van der Waals surface area contributed by atoms with Crippen LogP contribution in [0, 0.1) is 13.8 Å². The van der Waals surface area contributed by atoms with E-state index in [1.165, 1.54) is 5.56 Å². The number of hydrogen-bond donors (Lipinski definition) is 2. The first-order valence-electron chi connectivity index (χ1n) is 8.41. The third-order valence-electron chi connectivity index (χ3n) is 4.49. The fraction of sp³-hybridized carbons (Fsp3) is 0.0909. The van der Waals surface area contributed by atoms with Crippen molar-refractivity contribution in [3.63, 3.8) is 0 Å². The number of anilines is 3. The number of rotatable bonds is 5. The Morgan fingerprint density at radius 1 is 0.630 bits per heavy atom. The predicted molar refractivity (Wildman–Crippen MR) is 105 cm³/mol. The van der Waals surface area contributed by atoms with Crippen LogP contribution in [0.2, 0.25) is 0 Å². The Kier molecular flexibility index (Phi) is 4.94. The summed E-state index contributed by atoms with van der Waals surface area (Å²) in [5, 5.41) is 18.3.